The summed E-state index contributed by atoms with van der Waals surface area (Å²) in [5.41, 5.74) is 0. The molecule has 0 radical (unpaired) electrons. The van der Waals surface area contributed by atoms with Crippen molar-refractivity contribution in [2.45, 2.75) is 1.05 Å². The molecule has 0 spiro atoms. The van der Waals surface area contributed by atoms with E-state index in [9.17, 15) is 4.79 Å². The number of carboxylic acids is 1. The monoisotopic (exact) mass is 420 g/mol. The molecule has 0 saturated heterocycles. The molecule has 0 aliphatic heterocycles. The molecule has 0 saturated carbocycles. The minimum Gasteiger partial charge on any atom is -0.481 e. The van der Waals surface area contributed by atoms with Crippen LogP contribution in [0.4, 0.5) is 0 Å². The maximum absolute atomic E-state index is 9.29. The van der Waals surface area contributed by atoms with Gasteiger partial charge in [-0.15, -0.1) is 0 Å². The standard InChI is InChI=1S/C2H4O2S.CBr4/c3-2(4)1-5;2-1(3,4)5/h5H,1H2,(H,3,4);. The van der Waals surface area contributed by atoms with Crippen LogP contribution < -0.4 is 0 Å². The Kier molecular flexibility index (Phi) is 10.6. The first-order chi connectivity index (χ1) is 4.27. The fraction of sp³-hybridized carbons (Fsp3) is 0.667. The molecule has 0 heterocycles. The molecule has 0 unspecified atom stereocenters. The molecule has 0 aromatic carbocycles. The smallest absolute Gasteiger partial charge is 0.313 e. The summed E-state index contributed by atoms with van der Waals surface area (Å²) in [6.45, 7) is 0. The normalized spacial score (nSPS) is 9.70. The van der Waals surface area contributed by atoms with E-state index in [-0.39, 0.29) is 6.80 Å². The molecular weight excluding hydrogens is 420 g/mol. The Morgan fingerprint density at radius 3 is 1.50 bits per heavy atom. The van der Waals surface area contributed by atoms with E-state index < -0.39 is 5.97 Å². The predicted molar refractivity (Wildman–Crippen MR) is 59.9 cm³/mol. The summed E-state index contributed by atoms with van der Waals surface area (Å²) < 4.78 is -0.250. The first kappa shape index (κ1) is 14.3. The Balaban J connectivity index is 0. The Labute approximate surface area is 98.1 Å². The van der Waals surface area contributed by atoms with Gasteiger partial charge in [-0.25, -0.2) is 0 Å². The van der Waals surface area contributed by atoms with Crippen molar-refractivity contribution in [3.8, 4) is 0 Å². The third kappa shape index (κ3) is 53.2. The summed E-state index contributed by atoms with van der Waals surface area (Å²) in [6.07, 6.45) is 0. The van der Waals surface area contributed by atoms with Crippen LogP contribution in [0.3, 0.4) is 0 Å². The van der Waals surface area contributed by atoms with Crippen LogP contribution in [-0.2, 0) is 4.79 Å². The third-order valence-electron chi connectivity index (χ3n) is 0.135. The summed E-state index contributed by atoms with van der Waals surface area (Å²) in [5.74, 6) is -0.965. The van der Waals surface area contributed by atoms with Gasteiger partial charge in [0, 0.05) is 0 Å². The van der Waals surface area contributed by atoms with Crippen molar-refractivity contribution in [3.05, 3.63) is 0 Å². The van der Waals surface area contributed by atoms with Gasteiger partial charge in [0.25, 0.3) is 0 Å². The summed E-state index contributed by atoms with van der Waals surface area (Å²) >= 11 is 15.9. The highest BCUT2D eigenvalue weighted by Gasteiger charge is 2.08. The lowest BCUT2D eigenvalue weighted by atomic mass is 10.8. The summed E-state index contributed by atoms with van der Waals surface area (Å²) in [4.78, 5) is 9.29. The van der Waals surface area contributed by atoms with Gasteiger partial charge in [0.1, 0.15) is 0 Å². The van der Waals surface area contributed by atoms with E-state index in [1.54, 1.807) is 0 Å². The molecule has 62 valence electrons. The highest BCUT2D eigenvalue weighted by Crippen LogP contribution is 2.39. The number of carbonyl (C=O) groups is 1. The number of hydrogen-bond donors (Lipinski definition) is 2. The quantitative estimate of drug-likeness (QED) is 0.502. The van der Waals surface area contributed by atoms with Gasteiger partial charge >= 0.3 is 5.97 Å². The van der Waals surface area contributed by atoms with Crippen molar-refractivity contribution in [2.24, 2.45) is 0 Å². The molecule has 10 heavy (non-hydrogen) atoms. The second kappa shape index (κ2) is 7.39. The van der Waals surface area contributed by atoms with Gasteiger partial charge in [-0.3, -0.25) is 4.79 Å². The first-order valence-electron chi connectivity index (χ1n) is 1.85. The topological polar surface area (TPSA) is 37.3 Å². The van der Waals surface area contributed by atoms with Gasteiger partial charge in [0.2, 0.25) is 0 Å². The fourth-order valence-corrected chi connectivity index (χ4v) is 0. The molecule has 0 amide bonds. The lowest BCUT2D eigenvalue weighted by Gasteiger charge is -1.93. The molecular formula is C3H4Br4O2S. The van der Waals surface area contributed by atoms with Gasteiger partial charge in [0.15, 0.2) is 1.05 Å². The maximum Gasteiger partial charge on any atom is 0.313 e. The molecule has 0 aliphatic rings. The zero-order valence-corrected chi connectivity index (χ0v) is 11.8. The molecule has 2 nitrogen and oxygen atoms in total. The number of alkyl halides is 4. The van der Waals surface area contributed by atoms with Crippen molar-refractivity contribution >= 4 is 82.3 Å². The molecule has 0 aromatic rings. The Bertz CT molecular complexity index is 95.2. The number of hydrogen-bond acceptors (Lipinski definition) is 2. The number of halogens is 4. The van der Waals surface area contributed by atoms with Crippen LogP contribution in [0.1, 0.15) is 0 Å². The Hall–Kier alpha value is 1.74. The molecule has 1 N–H and O–H groups in total. The van der Waals surface area contributed by atoms with Crippen molar-refractivity contribution in [1.29, 1.82) is 0 Å². The van der Waals surface area contributed by atoms with Crippen LogP contribution in [0.25, 0.3) is 0 Å². The minimum absolute atomic E-state index is 0.0833. The number of rotatable bonds is 1. The number of aliphatic carboxylic acids is 1. The fourth-order valence-electron chi connectivity index (χ4n) is 0. The summed E-state index contributed by atoms with van der Waals surface area (Å²) in [5, 5.41) is 7.65. The average Bonchev–Trinajstić information content (AvgIpc) is 1.61. The number of thiol groups is 1. The van der Waals surface area contributed by atoms with Crippen LogP contribution in [0.15, 0.2) is 0 Å². The van der Waals surface area contributed by atoms with E-state index in [0.29, 0.717) is 0 Å². The molecule has 0 atom stereocenters. The lowest BCUT2D eigenvalue weighted by molar-refractivity contribution is -0.133. The third-order valence-corrected chi connectivity index (χ3v) is 0.406. The van der Waals surface area contributed by atoms with Crippen LogP contribution in [0.2, 0.25) is 0 Å². The summed E-state index contributed by atoms with van der Waals surface area (Å²) in [6, 6.07) is 0. The van der Waals surface area contributed by atoms with Crippen molar-refractivity contribution < 1.29 is 9.90 Å². The van der Waals surface area contributed by atoms with Gasteiger partial charge in [-0.05, 0) is 63.7 Å². The van der Waals surface area contributed by atoms with E-state index in [1.165, 1.54) is 0 Å². The highest BCUT2D eigenvalue weighted by molar-refractivity contribution is 9.52. The number of carboxylic acid groups (broad SMARTS) is 1. The zero-order valence-electron chi connectivity index (χ0n) is 4.52. The minimum atomic E-state index is -0.881. The van der Waals surface area contributed by atoms with E-state index in [4.69, 9.17) is 5.11 Å². The van der Waals surface area contributed by atoms with Crippen LogP contribution in [-0.4, -0.2) is 17.9 Å². The Morgan fingerprint density at radius 1 is 1.40 bits per heavy atom. The average molecular weight is 424 g/mol. The molecule has 0 rings (SSSR count). The van der Waals surface area contributed by atoms with Crippen LogP contribution in [0.5, 0.6) is 0 Å². The van der Waals surface area contributed by atoms with Gasteiger partial charge in [0.05, 0.1) is 5.75 Å². The predicted octanol–water partition coefficient (Wildman–Crippen LogP) is 3.18. The molecule has 0 bridgehead atoms. The SMILES string of the molecule is BrC(Br)(Br)Br.O=C(O)CS. The second-order valence-corrected chi connectivity index (χ2v) is 12.4. The van der Waals surface area contributed by atoms with E-state index in [1.807, 2.05) is 0 Å². The van der Waals surface area contributed by atoms with E-state index in [0.717, 1.165) is 0 Å². The van der Waals surface area contributed by atoms with Gasteiger partial charge < -0.3 is 5.11 Å². The molecule has 0 aliphatic carbocycles. The highest BCUT2D eigenvalue weighted by atomic mass is 80.0. The molecule has 7 heteroatoms. The van der Waals surface area contributed by atoms with Crippen molar-refractivity contribution in [2.75, 3.05) is 5.75 Å². The van der Waals surface area contributed by atoms with Crippen LogP contribution >= 0.6 is 76.3 Å². The van der Waals surface area contributed by atoms with Gasteiger partial charge in [-0.1, -0.05) is 0 Å². The van der Waals surface area contributed by atoms with E-state index in [2.05, 4.69) is 76.3 Å². The largest absolute Gasteiger partial charge is 0.481 e. The molecule has 0 aromatic heterocycles. The Morgan fingerprint density at radius 2 is 1.50 bits per heavy atom. The first-order valence-corrected chi connectivity index (χ1v) is 5.66. The maximum atomic E-state index is 9.29. The van der Waals surface area contributed by atoms with Crippen molar-refractivity contribution in [3.63, 3.8) is 0 Å². The van der Waals surface area contributed by atoms with Gasteiger partial charge in [-0.2, -0.15) is 12.6 Å². The second-order valence-electron chi connectivity index (χ2n) is 0.980. The van der Waals surface area contributed by atoms with E-state index >= 15 is 0 Å². The lowest BCUT2D eigenvalue weighted by Crippen LogP contribution is -1.92. The summed E-state index contributed by atoms with van der Waals surface area (Å²) in [7, 11) is 0. The van der Waals surface area contributed by atoms with Crippen LogP contribution in [0, 0.1) is 0 Å². The molecule has 0 fully saturated rings. The zero-order chi connectivity index (χ0) is 8.78. The van der Waals surface area contributed by atoms with Crippen molar-refractivity contribution in [1.82, 2.24) is 0 Å².